The van der Waals surface area contributed by atoms with E-state index in [9.17, 15) is 14.7 Å². The first-order valence-corrected chi connectivity index (χ1v) is 11.4. The van der Waals surface area contributed by atoms with Crippen molar-refractivity contribution in [3.05, 3.63) is 108 Å². The molecule has 5 heteroatoms. The average molecular weight is 434 g/mol. The predicted octanol–water partition coefficient (Wildman–Crippen LogP) is 5.08. The van der Waals surface area contributed by atoms with Gasteiger partial charge in [0.1, 0.15) is 6.04 Å². The van der Waals surface area contributed by atoms with Crippen molar-refractivity contribution in [2.45, 2.75) is 30.6 Å². The van der Waals surface area contributed by atoms with Gasteiger partial charge in [0.05, 0.1) is 4.75 Å². The first-order valence-electron chi connectivity index (χ1n) is 10.4. The molecule has 160 valence electrons. The number of thioether (sulfide) groups is 1. The highest BCUT2D eigenvalue weighted by molar-refractivity contribution is 8.00. The molecule has 0 aliphatic rings. The fourth-order valence-corrected chi connectivity index (χ4v) is 5.20. The highest BCUT2D eigenvalue weighted by atomic mass is 32.2. The zero-order valence-electron chi connectivity index (χ0n) is 17.5. The molecule has 3 rings (SSSR count). The van der Waals surface area contributed by atoms with Gasteiger partial charge in [0.15, 0.2) is 0 Å². The van der Waals surface area contributed by atoms with Crippen LogP contribution in [0.3, 0.4) is 0 Å². The molecule has 0 saturated carbocycles. The van der Waals surface area contributed by atoms with Crippen molar-refractivity contribution in [3.63, 3.8) is 0 Å². The Hall–Kier alpha value is -3.05. The van der Waals surface area contributed by atoms with Gasteiger partial charge >= 0.3 is 5.97 Å². The molecule has 0 aromatic heterocycles. The number of carboxylic acids is 1. The summed E-state index contributed by atoms with van der Waals surface area (Å²) in [7, 11) is 0. The van der Waals surface area contributed by atoms with Crippen LogP contribution in [0, 0.1) is 0 Å². The minimum atomic E-state index is -1.03. The normalized spacial score (nSPS) is 12.2. The third-order valence-electron chi connectivity index (χ3n) is 5.12. The molecule has 3 aromatic rings. The molecule has 31 heavy (non-hydrogen) atoms. The number of carbonyl (C=O) groups excluding carboxylic acids is 1. The van der Waals surface area contributed by atoms with Gasteiger partial charge in [-0.25, -0.2) is 4.79 Å². The number of hydrogen-bond acceptors (Lipinski definition) is 3. The lowest BCUT2D eigenvalue weighted by molar-refractivity contribution is -0.141. The van der Waals surface area contributed by atoms with E-state index in [1.165, 1.54) is 11.8 Å². The highest BCUT2D eigenvalue weighted by Gasteiger charge is 2.38. The summed E-state index contributed by atoms with van der Waals surface area (Å²) in [6.07, 6.45) is 0.989. The van der Waals surface area contributed by atoms with E-state index < -0.39 is 16.8 Å². The number of rotatable bonds is 10. The molecule has 2 N–H and O–H groups in total. The molecule has 0 bridgehead atoms. The van der Waals surface area contributed by atoms with Crippen LogP contribution in [0.2, 0.25) is 0 Å². The molecule has 0 heterocycles. The summed E-state index contributed by atoms with van der Waals surface area (Å²) in [5.41, 5.74) is 3.17. The number of carboxylic acid groups (broad SMARTS) is 1. The first-order chi connectivity index (χ1) is 15.1. The van der Waals surface area contributed by atoms with Crippen LogP contribution < -0.4 is 5.32 Å². The maximum Gasteiger partial charge on any atom is 0.327 e. The third kappa shape index (κ3) is 5.36. The van der Waals surface area contributed by atoms with E-state index in [-0.39, 0.29) is 11.7 Å². The molecule has 4 nitrogen and oxygen atoms in total. The molecule has 0 fully saturated rings. The summed E-state index contributed by atoms with van der Waals surface area (Å²) in [5.74, 6) is -1.04. The van der Waals surface area contributed by atoms with Gasteiger partial charge in [-0.1, -0.05) is 97.9 Å². The van der Waals surface area contributed by atoms with Gasteiger partial charge in [0, 0.05) is 12.2 Å². The second-order valence-corrected chi connectivity index (χ2v) is 8.53. The number of carbonyl (C=O) groups is 2. The molecule has 3 aromatic carbocycles. The Morgan fingerprint density at radius 3 is 1.61 bits per heavy atom. The van der Waals surface area contributed by atoms with Crippen LogP contribution in [0.15, 0.2) is 91.0 Å². The second kappa shape index (κ2) is 10.8. The van der Waals surface area contributed by atoms with Crippen LogP contribution in [0.1, 0.15) is 36.5 Å². The summed E-state index contributed by atoms with van der Waals surface area (Å²) >= 11 is 1.53. The molecule has 0 aliphatic heterocycles. The molecule has 0 aliphatic carbocycles. The van der Waals surface area contributed by atoms with Crippen molar-refractivity contribution in [1.82, 2.24) is 5.32 Å². The van der Waals surface area contributed by atoms with Crippen LogP contribution in [0.4, 0.5) is 0 Å². The molecule has 0 saturated heterocycles. The Labute approximate surface area is 187 Å². The molecule has 0 spiro atoms. The first kappa shape index (κ1) is 22.6. The fraction of sp³-hybridized carbons (Fsp3) is 0.231. The Bertz CT molecular complexity index is 881. The molecular formula is C26H27NO3S. The maximum absolute atomic E-state index is 12.1. The van der Waals surface area contributed by atoms with Crippen LogP contribution in [-0.2, 0) is 14.3 Å². The molecule has 1 amide bonds. The van der Waals surface area contributed by atoms with Crippen molar-refractivity contribution in [2.24, 2.45) is 0 Å². The van der Waals surface area contributed by atoms with Gasteiger partial charge < -0.3 is 10.4 Å². The maximum atomic E-state index is 12.1. The van der Waals surface area contributed by atoms with E-state index in [0.29, 0.717) is 12.8 Å². The zero-order valence-corrected chi connectivity index (χ0v) is 18.3. The van der Waals surface area contributed by atoms with E-state index in [4.69, 9.17) is 0 Å². The Morgan fingerprint density at radius 1 is 0.839 bits per heavy atom. The van der Waals surface area contributed by atoms with Gasteiger partial charge in [0.2, 0.25) is 5.91 Å². The fourth-order valence-electron chi connectivity index (χ4n) is 3.65. The largest absolute Gasteiger partial charge is 0.480 e. The van der Waals surface area contributed by atoms with Crippen LogP contribution >= 0.6 is 11.8 Å². The highest BCUT2D eigenvalue weighted by Crippen LogP contribution is 2.48. The monoisotopic (exact) mass is 433 g/mol. The number of hydrogen-bond donors (Lipinski definition) is 2. The second-order valence-electron chi connectivity index (χ2n) is 7.30. The van der Waals surface area contributed by atoms with Crippen LogP contribution in [0.25, 0.3) is 0 Å². The van der Waals surface area contributed by atoms with E-state index in [2.05, 4.69) is 41.7 Å². The van der Waals surface area contributed by atoms with E-state index in [1.54, 1.807) is 0 Å². The SMILES string of the molecule is CCCC(=O)NC(CSC(c1ccccc1)(c1ccccc1)c1ccccc1)C(=O)O. The summed E-state index contributed by atoms with van der Waals surface area (Å²) in [6.45, 7) is 1.90. The Kier molecular flexibility index (Phi) is 7.90. The van der Waals surface area contributed by atoms with Crippen molar-refractivity contribution in [1.29, 1.82) is 0 Å². The lowest BCUT2D eigenvalue weighted by Gasteiger charge is -2.36. The number of aliphatic carboxylic acids is 1. The van der Waals surface area contributed by atoms with Gasteiger partial charge in [-0.3, -0.25) is 4.79 Å². The minimum absolute atomic E-state index is 0.226. The quantitative estimate of drug-likeness (QED) is 0.438. The van der Waals surface area contributed by atoms with Crippen molar-refractivity contribution in [2.75, 3.05) is 5.75 Å². The van der Waals surface area contributed by atoms with Crippen LogP contribution in [0.5, 0.6) is 0 Å². The summed E-state index contributed by atoms with van der Waals surface area (Å²) in [4.78, 5) is 24.0. The molecular weight excluding hydrogens is 406 g/mol. The van der Waals surface area contributed by atoms with E-state index >= 15 is 0 Å². The molecule has 1 atom stereocenters. The van der Waals surface area contributed by atoms with E-state index in [0.717, 1.165) is 16.7 Å². The minimum Gasteiger partial charge on any atom is -0.480 e. The van der Waals surface area contributed by atoms with E-state index in [1.807, 2.05) is 61.5 Å². The zero-order chi connectivity index (χ0) is 22.1. The smallest absolute Gasteiger partial charge is 0.327 e. The Balaban J connectivity index is 2.07. The van der Waals surface area contributed by atoms with Gasteiger partial charge in [-0.05, 0) is 23.1 Å². The number of amides is 1. The third-order valence-corrected chi connectivity index (χ3v) is 6.76. The molecule has 1 unspecified atom stereocenters. The van der Waals surface area contributed by atoms with Crippen LogP contribution in [-0.4, -0.2) is 28.8 Å². The lowest BCUT2D eigenvalue weighted by atomic mass is 9.84. The van der Waals surface area contributed by atoms with Gasteiger partial charge in [0.25, 0.3) is 0 Å². The summed E-state index contributed by atoms with van der Waals surface area (Å²) < 4.78 is -0.618. The standard InChI is InChI=1S/C26H27NO3S/c1-2-12-24(28)27-23(25(29)30)19-31-26(20-13-6-3-7-14-20,21-15-8-4-9-16-21)22-17-10-5-11-18-22/h3-11,13-18,23H,2,12,19H2,1H3,(H,27,28)(H,29,30). The van der Waals surface area contributed by atoms with Crippen molar-refractivity contribution in [3.8, 4) is 0 Å². The Morgan fingerprint density at radius 2 is 1.26 bits per heavy atom. The van der Waals surface area contributed by atoms with Gasteiger partial charge in [-0.2, -0.15) is 0 Å². The van der Waals surface area contributed by atoms with Gasteiger partial charge in [-0.15, -0.1) is 11.8 Å². The summed E-state index contributed by atoms with van der Waals surface area (Å²) in [5, 5.41) is 12.5. The number of benzene rings is 3. The molecule has 0 radical (unpaired) electrons. The van der Waals surface area contributed by atoms with Crippen molar-refractivity contribution < 1.29 is 14.7 Å². The predicted molar refractivity (Wildman–Crippen MR) is 126 cm³/mol. The van der Waals surface area contributed by atoms with Crippen molar-refractivity contribution >= 4 is 23.6 Å². The average Bonchev–Trinajstić information content (AvgIpc) is 2.81. The topological polar surface area (TPSA) is 66.4 Å². The number of nitrogens with one attached hydrogen (secondary N) is 1. The summed E-state index contributed by atoms with van der Waals surface area (Å²) in [6, 6.07) is 29.3. The lowest BCUT2D eigenvalue weighted by Crippen LogP contribution is -2.43.